The zero-order chi connectivity index (χ0) is 29.9. The van der Waals surface area contributed by atoms with Gasteiger partial charge in [-0.3, -0.25) is 0 Å². The molecule has 4 heteroatoms. The summed E-state index contributed by atoms with van der Waals surface area (Å²) >= 11 is 0. The molecule has 11 aromatic rings. The number of H-pyrrole nitrogens is 2. The molecule has 46 heavy (non-hydrogen) atoms. The third-order valence-corrected chi connectivity index (χ3v) is 9.86. The number of nitrogens with zero attached hydrogens (tertiary/aromatic N) is 1. The van der Waals surface area contributed by atoms with Crippen molar-refractivity contribution in [1.82, 2.24) is 14.5 Å². The molecule has 0 saturated carbocycles. The minimum atomic E-state index is 0.908. The Morgan fingerprint density at radius 3 is 1.72 bits per heavy atom. The Bertz CT molecular complexity index is 2980. The molecule has 0 fully saturated rings. The van der Waals surface area contributed by atoms with E-state index in [0.29, 0.717) is 0 Å². The van der Waals surface area contributed by atoms with E-state index in [-0.39, 0.29) is 0 Å². The maximum absolute atomic E-state index is 6.29. The lowest BCUT2D eigenvalue weighted by Gasteiger charge is -2.10. The van der Waals surface area contributed by atoms with Crippen molar-refractivity contribution in [2.75, 3.05) is 0 Å². The largest absolute Gasteiger partial charge is 0.456 e. The minimum absolute atomic E-state index is 0.908. The second-order valence-electron chi connectivity index (χ2n) is 12.3. The first-order valence-electron chi connectivity index (χ1n) is 15.7. The lowest BCUT2D eigenvalue weighted by atomic mass is 9.95. The molecule has 0 saturated heterocycles. The summed E-state index contributed by atoms with van der Waals surface area (Å²) in [5.41, 5.74) is 12.3. The van der Waals surface area contributed by atoms with Crippen molar-refractivity contribution < 1.29 is 4.42 Å². The van der Waals surface area contributed by atoms with E-state index in [1.807, 2.05) is 12.1 Å². The molecular weight excluding hydrogens is 562 g/mol. The second-order valence-corrected chi connectivity index (χ2v) is 12.3. The van der Waals surface area contributed by atoms with E-state index < -0.39 is 0 Å². The molecule has 0 radical (unpaired) electrons. The van der Waals surface area contributed by atoms with E-state index in [2.05, 4.69) is 142 Å². The zero-order valence-corrected chi connectivity index (χ0v) is 24.6. The van der Waals surface area contributed by atoms with Gasteiger partial charge >= 0.3 is 0 Å². The van der Waals surface area contributed by atoms with Crippen LogP contribution in [0.1, 0.15) is 0 Å². The fourth-order valence-electron chi connectivity index (χ4n) is 7.98. The standard InChI is InChI=1S/C42H25N3O/c1-4-17-35-24(10-1)25-11-2-5-18-36(25)45(35)37-19-9-16-32-42(37)30-22-29-33(23-34(30)44-32)43-31-15-7-13-26(40(29)31)27-14-8-21-39-41(27)28-12-3-6-20-38(28)46-39/h1-23,43-44H. The van der Waals surface area contributed by atoms with Gasteiger partial charge in [-0.15, -0.1) is 0 Å². The van der Waals surface area contributed by atoms with Crippen molar-refractivity contribution in [1.29, 1.82) is 0 Å². The smallest absolute Gasteiger partial charge is 0.136 e. The lowest BCUT2D eigenvalue weighted by molar-refractivity contribution is 0.669. The first-order chi connectivity index (χ1) is 22.8. The first-order valence-corrected chi connectivity index (χ1v) is 15.7. The molecule has 0 unspecified atom stereocenters. The predicted molar refractivity (Wildman–Crippen MR) is 192 cm³/mol. The van der Waals surface area contributed by atoms with Gasteiger partial charge in [-0.25, -0.2) is 0 Å². The Balaban J connectivity index is 1.25. The number of aromatic nitrogens is 3. The van der Waals surface area contributed by atoms with Crippen LogP contribution < -0.4 is 0 Å². The number of para-hydroxylation sites is 3. The number of furan rings is 1. The van der Waals surface area contributed by atoms with Crippen LogP contribution in [0.25, 0.3) is 104 Å². The summed E-state index contributed by atoms with van der Waals surface area (Å²) < 4.78 is 8.71. The molecule has 0 aliphatic rings. The molecule has 4 heterocycles. The number of hydrogen-bond acceptors (Lipinski definition) is 1. The van der Waals surface area contributed by atoms with Gasteiger partial charge in [0.2, 0.25) is 0 Å². The lowest BCUT2D eigenvalue weighted by Crippen LogP contribution is -1.94. The number of aromatic amines is 2. The van der Waals surface area contributed by atoms with Gasteiger partial charge in [0.05, 0.1) is 16.7 Å². The fraction of sp³-hybridized carbons (Fsp3) is 0. The highest BCUT2D eigenvalue weighted by atomic mass is 16.3. The normalized spacial score (nSPS) is 12.3. The number of nitrogens with one attached hydrogen (secondary N) is 2. The Labute approximate surface area is 262 Å². The highest BCUT2D eigenvalue weighted by molar-refractivity contribution is 6.24. The van der Waals surface area contributed by atoms with Crippen LogP contribution >= 0.6 is 0 Å². The molecule has 0 amide bonds. The Hall–Kier alpha value is -6.26. The van der Waals surface area contributed by atoms with E-state index in [4.69, 9.17) is 4.42 Å². The van der Waals surface area contributed by atoms with Crippen molar-refractivity contribution in [3.63, 3.8) is 0 Å². The molecule has 11 rings (SSSR count). The molecule has 0 aliphatic heterocycles. The van der Waals surface area contributed by atoms with Gasteiger partial charge in [0.25, 0.3) is 0 Å². The SMILES string of the molecule is c1cc(-c2cccc3oc4ccccc4c23)c2c(c1)[nH]c1cc3[nH]c4cccc(-n5c6ccccc6c6ccccc65)c4c3cc12. The summed E-state index contributed by atoms with van der Waals surface area (Å²) in [5.74, 6) is 0. The van der Waals surface area contributed by atoms with Gasteiger partial charge in [-0.2, -0.15) is 0 Å². The number of benzene rings is 7. The van der Waals surface area contributed by atoms with E-state index in [1.54, 1.807) is 0 Å². The number of fused-ring (bicyclic) bond motifs is 12. The number of hydrogen-bond donors (Lipinski definition) is 2. The van der Waals surface area contributed by atoms with Crippen LogP contribution in [0.4, 0.5) is 0 Å². The van der Waals surface area contributed by atoms with Crippen LogP contribution in [0, 0.1) is 0 Å². The van der Waals surface area contributed by atoms with E-state index in [9.17, 15) is 0 Å². The molecule has 0 atom stereocenters. The molecule has 7 aromatic carbocycles. The van der Waals surface area contributed by atoms with Crippen molar-refractivity contribution in [3.8, 4) is 16.8 Å². The average Bonchev–Trinajstić information content (AvgIpc) is 3.85. The highest BCUT2D eigenvalue weighted by Gasteiger charge is 2.20. The summed E-state index contributed by atoms with van der Waals surface area (Å²) in [6.07, 6.45) is 0. The Morgan fingerprint density at radius 2 is 0.957 bits per heavy atom. The van der Waals surface area contributed by atoms with Gasteiger partial charge in [0.1, 0.15) is 11.2 Å². The second kappa shape index (κ2) is 8.68. The summed E-state index contributed by atoms with van der Waals surface area (Å²) in [5, 5.41) is 9.69. The zero-order valence-electron chi connectivity index (χ0n) is 24.6. The summed E-state index contributed by atoms with van der Waals surface area (Å²) in [6, 6.07) is 50.0. The fourth-order valence-corrected chi connectivity index (χ4v) is 7.98. The van der Waals surface area contributed by atoms with Crippen LogP contribution in [-0.2, 0) is 0 Å². The van der Waals surface area contributed by atoms with Crippen LogP contribution in [0.3, 0.4) is 0 Å². The van der Waals surface area contributed by atoms with Crippen molar-refractivity contribution in [3.05, 3.63) is 140 Å². The molecule has 0 aliphatic carbocycles. The van der Waals surface area contributed by atoms with Gasteiger partial charge in [0, 0.05) is 65.2 Å². The van der Waals surface area contributed by atoms with Crippen LogP contribution in [0.2, 0.25) is 0 Å². The molecule has 214 valence electrons. The third-order valence-electron chi connectivity index (χ3n) is 9.86. The van der Waals surface area contributed by atoms with E-state index >= 15 is 0 Å². The molecule has 0 spiro atoms. The molecule has 2 N–H and O–H groups in total. The van der Waals surface area contributed by atoms with Gasteiger partial charge in [-0.1, -0.05) is 84.9 Å². The van der Waals surface area contributed by atoms with Crippen LogP contribution in [0.5, 0.6) is 0 Å². The van der Waals surface area contributed by atoms with Gasteiger partial charge in [0.15, 0.2) is 0 Å². The first kappa shape index (κ1) is 24.1. The van der Waals surface area contributed by atoms with Crippen molar-refractivity contribution in [2.24, 2.45) is 0 Å². The van der Waals surface area contributed by atoms with Gasteiger partial charge in [-0.05, 0) is 65.7 Å². The van der Waals surface area contributed by atoms with Gasteiger partial charge < -0.3 is 19.0 Å². The van der Waals surface area contributed by atoms with E-state index in [1.165, 1.54) is 60.2 Å². The van der Waals surface area contributed by atoms with Crippen LogP contribution in [-0.4, -0.2) is 14.5 Å². The predicted octanol–water partition coefficient (Wildman–Crippen LogP) is 11.6. The molecule has 4 aromatic heterocycles. The summed E-state index contributed by atoms with van der Waals surface area (Å²) in [6.45, 7) is 0. The van der Waals surface area contributed by atoms with Crippen LogP contribution in [0.15, 0.2) is 144 Å². The average molecular weight is 588 g/mol. The summed E-state index contributed by atoms with van der Waals surface area (Å²) in [7, 11) is 0. The molecule has 4 nitrogen and oxygen atoms in total. The minimum Gasteiger partial charge on any atom is -0.456 e. The molecule has 0 bridgehead atoms. The summed E-state index contributed by atoms with van der Waals surface area (Å²) in [4.78, 5) is 7.50. The van der Waals surface area contributed by atoms with E-state index in [0.717, 1.165) is 44.0 Å². The quantitative estimate of drug-likeness (QED) is 0.208. The maximum atomic E-state index is 6.29. The monoisotopic (exact) mass is 587 g/mol. The highest BCUT2D eigenvalue weighted by Crippen LogP contribution is 2.43. The maximum Gasteiger partial charge on any atom is 0.136 e. The molecular formula is C42H25N3O. The topological polar surface area (TPSA) is 49.6 Å². The van der Waals surface area contributed by atoms with Crippen molar-refractivity contribution in [2.45, 2.75) is 0 Å². The Morgan fingerprint density at radius 1 is 0.391 bits per heavy atom. The number of rotatable bonds is 2. The van der Waals surface area contributed by atoms with Crippen molar-refractivity contribution >= 4 is 87.4 Å². The Kier molecular flexibility index (Phi) is 4.55. The third kappa shape index (κ3) is 3.07.